The molecule has 134 valence electrons. The van der Waals surface area contributed by atoms with Gasteiger partial charge in [-0.2, -0.15) is 5.10 Å². The Bertz CT molecular complexity index is 1100. The van der Waals surface area contributed by atoms with Gasteiger partial charge in [0.1, 0.15) is 35.3 Å². The van der Waals surface area contributed by atoms with Crippen LogP contribution in [-0.2, 0) is 0 Å². The number of anilines is 1. The largest absolute Gasteiger partial charge is 0.305 e. The molecule has 9 heteroatoms. The number of nitrogens with one attached hydrogen (secondary N) is 2. The van der Waals surface area contributed by atoms with E-state index in [4.69, 9.17) is 0 Å². The lowest BCUT2D eigenvalue weighted by Gasteiger charge is -2.06. The van der Waals surface area contributed by atoms with E-state index >= 15 is 0 Å². The summed E-state index contributed by atoms with van der Waals surface area (Å²) in [4.78, 5) is 24.9. The Labute approximate surface area is 153 Å². The van der Waals surface area contributed by atoms with Gasteiger partial charge in [0.15, 0.2) is 0 Å². The molecule has 0 aliphatic carbocycles. The second-order valence-corrected chi connectivity index (χ2v) is 5.73. The van der Waals surface area contributed by atoms with Gasteiger partial charge in [0.05, 0.1) is 5.69 Å². The first-order valence-corrected chi connectivity index (χ1v) is 8.05. The van der Waals surface area contributed by atoms with Gasteiger partial charge >= 0.3 is 0 Å². The number of benzene rings is 1. The molecule has 8 nitrogen and oxygen atoms in total. The monoisotopic (exact) mass is 363 g/mol. The van der Waals surface area contributed by atoms with Crippen molar-refractivity contribution < 1.29 is 9.18 Å². The highest BCUT2D eigenvalue weighted by Crippen LogP contribution is 2.19. The fourth-order valence-electron chi connectivity index (χ4n) is 2.56. The standard InChI is InChI=1S/C18H14FN7O/c1-11-20-6-7-26(11)17-9-16(21-10-22-17)23-18(27)15-8-14(24-25-15)12-2-4-13(19)5-3-12/h2-10H,1H3,(H,24,25)(H,21,22,23,27). The summed E-state index contributed by atoms with van der Waals surface area (Å²) in [5, 5.41) is 9.47. The zero-order valence-electron chi connectivity index (χ0n) is 14.2. The zero-order chi connectivity index (χ0) is 18.8. The number of aromatic nitrogens is 6. The van der Waals surface area contributed by atoms with Crippen LogP contribution < -0.4 is 5.32 Å². The number of hydrogen-bond acceptors (Lipinski definition) is 5. The summed E-state index contributed by atoms with van der Waals surface area (Å²) in [5.74, 6) is 0.967. The summed E-state index contributed by atoms with van der Waals surface area (Å²) >= 11 is 0. The molecule has 0 radical (unpaired) electrons. The summed E-state index contributed by atoms with van der Waals surface area (Å²) in [5.41, 5.74) is 1.50. The molecule has 0 saturated carbocycles. The van der Waals surface area contributed by atoms with Gasteiger partial charge in [0.25, 0.3) is 5.91 Å². The molecule has 0 saturated heterocycles. The minimum atomic E-state index is -0.400. The van der Waals surface area contributed by atoms with Gasteiger partial charge in [-0.05, 0) is 37.3 Å². The molecule has 4 aromatic rings. The predicted octanol–water partition coefficient (Wildman–Crippen LogP) is 2.75. The van der Waals surface area contributed by atoms with Crippen molar-refractivity contribution in [1.82, 2.24) is 29.7 Å². The van der Waals surface area contributed by atoms with Crippen LogP contribution in [0, 0.1) is 12.7 Å². The highest BCUT2D eigenvalue weighted by atomic mass is 19.1. The summed E-state index contributed by atoms with van der Waals surface area (Å²) in [6.07, 6.45) is 4.80. The third kappa shape index (κ3) is 3.43. The molecule has 4 rings (SSSR count). The molecule has 0 atom stereocenters. The van der Waals surface area contributed by atoms with Crippen LogP contribution in [0.25, 0.3) is 17.1 Å². The van der Waals surface area contributed by atoms with Crippen LogP contribution in [0.3, 0.4) is 0 Å². The quantitative estimate of drug-likeness (QED) is 0.580. The van der Waals surface area contributed by atoms with E-state index in [1.54, 1.807) is 41.2 Å². The van der Waals surface area contributed by atoms with Crippen LogP contribution in [0.5, 0.6) is 0 Å². The van der Waals surface area contributed by atoms with E-state index in [0.717, 1.165) is 5.82 Å². The number of nitrogens with zero attached hydrogens (tertiary/aromatic N) is 5. The number of rotatable bonds is 4. The van der Waals surface area contributed by atoms with Gasteiger partial charge < -0.3 is 5.32 Å². The topological polar surface area (TPSA) is 101 Å². The van der Waals surface area contributed by atoms with E-state index < -0.39 is 5.91 Å². The lowest BCUT2D eigenvalue weighted by molar-refractivity contribution is 0.102. The number of aromatic amines is 1. The highest BCUT2D eigenvalue weighted by Gasteiger charge is 2.13. The molecular weight excluding hydrogens is 349 g/mol. The van der Waals surface area contributed by atoms with E-state index in [2.05, 4.69) is 30.5 Å². The molecule has 0 unspecified atom stereocenters. The molecular formula is C18H14FN7O. The molecule has 0 bridgehead atoms. The molecule has 3 aromatic heterocycles. The molecule has 27 heavy (non-hydrogen) atoms. The molecule has 1 aromatic carbocycles. The third-order valence-corrected chi connectivity index (χ3v) is 3.93. The van der Waals surface area contributed by atoms with Crippen LogP contribution in [0.1, 0.15) is 16.3 Å². The predicted molar refractivity (Wildman–Crippen MR) is 95.8 cm³/mol. The lowest BCUT2D eigenvalue weighted by Crippen LogP contribution is -2.14. The van der Waals surface area contributed by atoms with E-state index in [-0.39, 0.29) is 11.5 Å². The van der Waals surface area contributed by atoms with Crippen molar-refractivity contribution in [3.63, 3.8) is 0 Å². The maximum absolute atomic E-state index is 13.0. The minimum Gasteiger partial charge on any atom is -0.305 e. The van der Waals surface area contributed by atoms with Crippen LogP contribution >= 0.6 is 0 Å². The van der Waals surface area contributed by atoms with Crippen LogP contribution in [0.2, 0.25) is 0 Å². The molecule has 0 fully saturated rings. The van der Waals surface area contributed by atoms with Crippen LogP contribution in [0.4, 0.5) is 10.2 Å². The third-order valence-electron chi connectivity index (χ3n) is 3.93. The molecule has 3 heterocycles. The van der Waals surface area contributed by atoms with Gasteiger partial charge in [0, 0.05) is 24.0 Å². The summed E-state index contributed by atoms with van der Waals surface area (Å²) < 4.78 is 14.8. The van der Waals surface area contributed by atoms with E-state index in [0.29, 0.717) is 22.9 Å². The first-order chi connectivity index (χ1) is 13.1. The lowest BCUT2D eigenvalue weighted by atomic mass is 10.1. The smallest absolute Gasteiger partial charge is 0.274 e. The number of imidazole rings is 1. The normalized spacial score (nSPS) is 10.7. The van der Waals surface area contributed by atoms with Crippen LogP contribution in [-0.4, -0.2) is 35.6 Å². The Kier molecular flexibility index (Phi) is 4.17. The van der Waals surface area contributed by atoms with Crippen molar-refractivity contribution in [1.29, 1.82) is 0 Å². The fraction of sp³-hybridized carbons (Fsp3) is 0.0556. The van der Waals surface area contributed by atoms with E-state index in [9.17, 15) is 9.18 Å². The van der Waals surface area contributed by atoms with E-state index in [1.807, 2.05) is 6.92 Å². The molecule has 2 N–H and O–H groups in total. The average Bonchev–Trinajstić information content (AvgIpc) is 3.32. The van der Waals surface area contributed by atoms with Crippen molar-refractivity contribution in [2.75, 3.05) is 5.32 Å². The van der Waals surface area contributed by atoms with Gasteiger partial charge in [-0.3, -0.25) is 14.5 Å². The Morgan fingerprint density at radius 3 is 2.70 bits per heavy atom. The Balaban J connectivity index is 1.53. The van der Waals surface area contributed by atoms with Crippen molar-refractivity contribution in [3.8, 4) is 17.1 Å². The molecule has 0 aliphatic rings. The van der Waals surface area contributed by atoms with Gasteiger partial charge in [-0.15, -0.1) is 0 Å². The van der Waals surface area contributed by atoms with E-state index in [1.165, 1.54) is 18.5 Å². The van der Waals surface area contributed by atoms with Gasteiger partial charge in [-0.25, -0.2) is 19.3 Å². The SMILES string of the molecule is Cc1nccn1-c1cc(NC(=O)c2cc(-c3ccc(F)cc3)n[nH]2)ncn1. The maximum Gasteiger partial charge on any atom is 0.274 e. The minimum absolute atomic E-state index is 0.258. The fourth-order valence-corrected chi connectivity index (χ4v) is 2.56. The van der Waals surface area contributed by atoms with Gasteiger partial charge in [0.2, 0.25) is 0 Å². The second-order valence-electron chi connectivity index (χ2n) is 5.73. The van der Waals surface area contributed by atoms with Crippen molar-refractivity contribution >= 4 is 11.7 Å². The Morgan fingerprint density at radius 1 is 1.15 bits per heavy atom. The Morgan fingerprint density at radius 2 is 1.96 bits per heavy atom. The number of amides is 1. The average molecular weight is 363 g/mol. The first-order valence-electron chi connectivity index (χ1n) is 8.05. The number of aryl methyl sites for hydroxylation is 1. The van der Waals surface area contributed by atoms with Gasteiger partial charge in [-0.1, -0.05) is 0 Å². The zero-order valence-corrected chi connectivity index (χ0v) is 14.2. The molecule has 0 spiro atoms. The summed E-state index contributed by atoms with van der Waals surface area (Å²) in [6.45, 7) is 1.85. The summed E-state index contributed by atoms with van der Waals surface area (Å²) in [6, 6.07) is 9.09. The summed E-state index contributed by atoms with van der Waals surface area (Å²) in [7, 11) is 0. The van der Waals surface area contributed by atoms with Crippen molar-refractivity contribution in [3.05, 3.63) is 72.5 Å². The maximum atomic E-state index is 13.0. The van der Waals surface area contributed by atoms with Crippen molar-refractivity contribution in [2.45, 2.75) is 6.92 Å². The number of carbonyl (C=O) groups is 1. The number of carbonyl (C=O) groups excluding carboxylic acids is 1. The first kappa shape index (κ1) is 16.6. The van der Waals surface area contributed by atoms with Crippen molar-refractivity contribution in [2.24, 2.45) is 0 Å². The molecule has 0 aliphatic heterocycles. The highest BCUT2D eigenvalue weighted by molar-refractivity contribution is 6.03. The second kappa shape index (κ2) is 6.79. The number of H-pyrrole nitrogens is 1. The van der Waals surface area contributed by atoms with Crippen LogP contribution in [0.15, 0.2) is 55.1 Å². The molecule has 1 amide bonds. The number of hydrogen-bond donors (Lipinski definition) is 2. The number of halogens is 1. The Hall–Kier alpha value is -3.88.